The third kappa shape index (κ3) is 5.47. The van der Waals surface area contributed by atoms with Gasteiger partial charge in [-0.25, -0.2) is 4.98 Å². The van der Waals surface area contributed by atoms with Crippen molar-refractivity contribution in [1.29, 1.82) is 0 Å². The Morgan fingerprint density at radius 1 is 1.33 bits per heavy atom. The van der Waals surface area contributed by atoms with Gasteiger partial charge in [0.25, 0.3) is 0 Å². The zero-order valence-electron chi connectivity index (χ0n) is 9.86. The summed E-state index contributed by atoms with van der Waals surface area (Å²) in [7, 11) is 3.69. The molecule has 1 heterocycles. The van der Waals surface area contributed by atoms with E-state index in [4.69, 9.17) is 0 Å². The molecule has 1 nitrogen and oxygen atoms in total. The lowest BCUT2D eigenvalue weighted by Gasteiger charge is -2.24. The molecule has 0 aliphatic rings. The van der Waals surface area contributed by atoms with E-state index in [0.29, 0.717) is 4.75 Å². The highest BCUT2D eigenvalue weighted by molar-refractivity contribution is 8.77. The monoisotopic (exact) mass is 241 g/mol. The standard InChI is InChI=1S/C12H19NS2/c1-10(2)9-12(3,4)15-14-11-7-5-6-8-13-11/h5-8,10H,9H2,1-4H3. The molecule has 0 aromatic carbocycles. The molecule has 1 rings (SSSR count). The van der Waals surface area contributed by atoms with Gasteiger partial charge in [-0.05, 0) is 49.1 Å². The lowest BCUT2D eigenvalue weighted by atomic mass is 10.0. The quantitative estimate of drug-likeness (QED) is 0.697. The van der Waals surface area contributed by atoms with Crippen LogP contribution in [0.3, 0.4) is 0 Å². The van der Waals surface area contributed by atoms with Crippen LogP contribution in [0.2, 0.25) is 0 Å². The van der Waals surface area contributed by atoms with E-state index in [1.807, 2.05) is 29.1 Å². The van der Waals surface area contributed by atoms with Crippen molar-refractivity contribution in [3.05, 3.63) is 24.4 Å². The third-order valence-corrected chi connectivity index (χ3v) is 5.12. The number of pyridine rings is 1. The predicted octanol–water partition coefficient (Wildman–Crippen LogP) is 4.65. The normalized spacial score (nSPS) is 12.1. The first-order valence-corrected chi connectivity index (χ1v) is 7.41. The van der Waals surface area contributed by atoms with Gasteiger partial charge in [-0.15, -0.1) is 0 Å². The zero-order valence-corrected chi connectivity index (χ0v) is 11.5. The van der Waals surface area contributed by atoms with Gasteiger partial charge < -0.3 is 0 Å². The minimum atomic E-state index is 0.316. The molecule has 0 N–H and O–H groups in total. The van der Waals surface area contributed by atoms with E-state index in [-0.39, 0.29) is 0 Å². The Kier molecular flexibility index (Phi) is 5.00. The molecule has 0 saturated carbocycles. The van der Waals surface area contributed by atoms with E-state index in [2.05, 4.69) is 38.7 Å². The maximum absolute atomic E-state index is 4.30. The van der Waals surface area contributed by atoms with Crippen molar-refractivity contribution in [3.63, 3.8) is 0 Å². The molecule has 0 fully saturated rings. The fourth-order valence-electron chi connectivity index (χ4n) is 1.57. The Morgan fingerprint density at radius 2 is 2.07 bits per heavy atom. The topological polar surface area (TPSA) is 12.9 Å². The second kappa shape index (κ2) is 5.80. The average molecular weight is 241 g/mol. The number of aromatic nitrogens is 1. The van der Waals surface area contributed by atoms with Gasteiger partial charge in [0.15, 0.2) is 0 Å². The van der Waals surface area contributed by atoms with Crippen molar-refractivity contribution in [1.82, 2.24) is 4.98 Å². The van der Waals surface area contributed by atoms with Gasteiger partial charge in [-0.3, -0.25) is 0 Å². The van der Waals surface area contributed by atoms with Gasteiger partial charge in [0, 0.05) is 10.9 Å². The number of hydrogen-bond acceptors (Lipinski definition) is 3. The summed E-state index contributed by atoms with van der Waals surface area (Å²) >= 11 is 0. The molecule has 0 aliphatic carbocycles. The van der Waals surface area contributed by atoms with E-state index >= 15 is 0 Å². The van der Waals surface area contributed by atoms with Gasteiger partial charge in [0.1, 0.15) is 5.03 Å². The van der Waals surface area contributed by atoms with Crippen LogP contribution in [-0.2, 0) is 0 Å². The van der Waals surface area contributed by atoms with Crippen LogP contribution < -0.4 is 0 Å². The fourth-order valence-corrected chi connectivity index (χ4v) is 3.95. The first-order chi connectivity index (χ1) is 6.99. The molecule has 0 unspecified atom stereocenters. The summed E-state index contributed by atoms with van der Waals surface area (Å²) in [6.45, 7) is 9.14. The Labute approximate surface area is 101 Å². The van der Waals surface area contributed by atoms with Crippen LogP contribution in [0, 0.1) is 5.92 Å². The van der Waals surface area contributed by atoms with Crippen LogP contribution in [0.1, 0.15) is 34.1 Å². The van der Waals surface area contributed by atoms with Gasteiger partial charge in [-0.1, -0.05) is 30.7 Å². The predicted molar refractivity (Wildman–Crippen MR) is 71.2 cm³/mol. The maximum Gasteiger partial charge on any atom is 0.106 e. The summed E-state index contributed by atoms with van der Waals surface area (Å²) in [5.74, 6) is 0.747. The highest BCUT2D eigenvalue weighted by Gasteiger charge is 2.20. The zero-order chi connectivity index (χ0) is 11.3. The summed E-state index contributed by atoms with van der Waals surface area (Å²) in [5, 5.41) is 1.10. The number of hydrogen-bond donors (Lipinski definition) is 0. The first kappa shape index (κ1) is 12.9. The largest absolute Gasteiger partial charge is 0.249 e. The molecule has 0 radical (unpaired) electrons. The van der Waals surface area contributed by atoms with Crippen LogP contribution in [0.25, 0.3) is 0 Å². The van der Waals surface area contributed by atoms with Crippen LogP contribution in [0.4, 0.5) is 0 Å². The van der Waals surface area contributed by atoms with Crippen molar-refractivity contribution in [2.75, 3.05) is 0 Å². The molecule has 0 aliphatic heterocycles. The van der Waals surface area contributed by atoms with Crippen LogP contribution >= 0.6 is 21.6 Å². The number of rotatable bonds is 5. The van der Waals surface area contributed by atoms with Crippen molar-refractivity contribution >= 4 is 21.6 Å². The third-order valence-electron chi connectivity index (χ3n) is 1.89. The van der Waals surface area contributed by atoms with Gasteiger partial charge in [0.2, 0.25) is 0 Å². The second-order valence-corrected chi connectivity index (χ2v) is 7.55. The summed E-state index contributed by atoms with van der Waals surface area (Å²) in [6, 6.07) is 6.04. The van der Waals surface area contributed by atoms with Gasteiger partial charge in [-0.2, -0.15) is 0 Å². The highest BCUT2D eigenvalue weighted by Crippen LogP contribution is 2.42. The Balaban J connectivity index is 2.42. The second-order valence-electron chi connectivity index (χ2n) is 4.69. The summed E-state index contributed by atoms with van der Waals surface area (Å²) in [5.41, 5.74) is 0. The first-order valence-electron chi connectivity index (χ1n) is 5.26. The summed E-state index contributed by atoms with van der Waals surface area (Å²) < 4.78 is 0.316. The molecule has 15 heavy (non-hydrogen) atoms. The number of nitrogens with zero attached hydrogens (tertiary/aromatic N) is 1. The molecule has 3 heteroatoms. The fraction of sp³-hybridized carbons (Fsp3) is 0.583. The maximum atomic E-state index is 4.30. The van der Waals surface area contributed by atoms with E-state index in [0.717, 1.165) is 10.9 Å². The van der Waals surface area contributed by atoms with Gasteiger partial charge >= 0.3 is 0 Å². The van der Waals surface area contributed by atoms with Crippen molar-refractivity contribution in [2.45, 2.75) is 43.9 Å². The SMILES string of the molecule is CC(C)CC(C)(C)SSc1ccccn1. The summed E-state index contributed by atoms with van der Waals surface area (Å²) in [6.07, 6.45) is 3.08. The highest BCUT2D eigenvalue weighted by atomic mass is 33.1. The van der Waals surface area contributed by atoms with E-state index in [1.54, 1.807) is 10.8 Å². The minimum Gasteiger partial charge on any atom is -0.249 e. The van der Waals surface area contributed by atoms with Crippen LogP contribution in [-0.4, -0.2) is 9.73 Å². The molecule has 0 bridgehead atoms. The van der Waals surface area contributed by atoms with Gasteiger partial charge in [0.05, 0.1) is 0 Å². The summed E-state index contributed by atoms with van der Waals surface area (Å²) in [4.78, 5) is 4.30. The molecule has 0 atom stereocenters. The van der Waals surface area contributed by atoms with Crippen molar-refractivity contribution in [3.8, 4) is 0 Å². The average Bonchev–Trinajstić information content (AvgIpc) is 2.15. The van der Waals surface area contributed by atoms with Crippen LogP contribution in [0.5, 0.6) is 0 Å². The molecule has 1 aromatic rings. The molecule has 1 aromatic heterocycles. The van der Waals surface area contributed by atoms with Crippen LogP contribution in [0.15, 0.2) is 29.4 Å². The van der Waals surface area contributed by atoms with Crippen molar-refractivity contribution in [2.24, 2.45) is 5.92 Å². The molecular formula is C12H19NS2. The Hall–Kier alpha value is -0.150. The van der Waals surface area contributed by atoms with E-state index < -0.39 is 0 Å². The Bertz CT molecular complexity index is 283. The molecule has 84 valence electrons. The van der Waals surface area contributed by atoms with Crippen molar-refractivity contribution < 1.29 is 0 Å². The van der Waals surface area contributed by atoms with E-state index in [1.165, 1.54) is 6.42 Å². The minimum absolute atomic E-state index is 0.316. The Morgan fingerprint density at radius 3 is 2.60 bits per heavy atom. The molecule has 0 saturated heterocycles. The lowest BCUT2D eigenvalue weighted by molar-refractivity contribution is 0.505. The molecule has 0 amide bonds. The van der Waals surface area contributed by atoms with E-state index in [9.17, 15) is 0 Å². The lowest BCUT2D eigenvalue weighted by Crippen LogP contribution is -2.16. The smallest absolute Gasteiger partial charge is 0.106 e. The molecule has 0 spiro atoms. The molecular weight excluding hydrogens is 222 g/mol.